The van der Waals surface area contributed by atoms with E-state index >= 15 is 0 Å². The van der Waals surface area contributed by atoms with E-state index in [4.69, 9.17) is 18.9 Å². The summed E-state index contributed by atoms with van der Waals surface area (Å²) in [6.07, 6.45) is 30.2. The average Bonchev–Trinajstić information content (AvgIpc) is 3.11. The highest BCUT2D eigenvalue weighted by Crippen LogP contribution is 2.22. The molecule has 292 valence electrons. The van der Waals surface area contributed by atoms with Crippen LogP contribution in [0, 0.1) is 0 Å². The zero-order valence-corrected chi connectivity index (χ0v) is 31.6. The molecule has 1 aliphatic heterocycles. The van der Waals surface area contributed by atoms with Crippen molar-refractivity contribution >= 4 is 5.97 Å². The van der Waals surface area contributed by atoms with Crippen LogP contribution in [0.15, 0.2) is 36.5 Å². The highest BCUT2D eigenvalue weighted by atomic mass is 16.7. The molecule has 0 spiro atoms. The Bertz CT molecular complexity index is 859. The zero-order chi connectivity index (χ0) is 36.5. The summed E-state index contributed by atoms with van der Waals surface area (Å²) in [6.45, 7) is 4.40. The van der Waals surface area contributed by atoms with Crippen molar-refractivity contribution in [2.45, 2.75) is 192 Å². The van der Waals surface area contributed by atoms with Gasteiger partial charge in [0.1, 0.15) is 30.5 Å². The first-order chi connectivity index (χ1) is 24.4. The lowest BCUT2D eigenvalue weighted by atomic mass is 9.99. The molecule has 0 aromatic heterocycles. The number of unbranched alkanes of at least 4 members (excludes halogenated alkanes) is 16. The summed E-state index contributed by atoms with van der Waals surface area (Å²) in [6, 6.07) is 0. The maximum atomic E-state index is 12.7. The van der Waals surface area contributed by atoms with E-state index in [-0.39, 0.29) is 19.2 Å². The summed E-state index contributed by atoms with van der Waals surface area (Å²) in [5.74, 6) is -0.321. The first kappa shape index (κ1) is 46.4. The lowest BCUT2D eigenvalue weighted by molar-refractivity contribution is -0.305. The van der Waals surface area contributed by atoms with Crippen LogP contribution in [0.25, 0.3) is 0 Å². The van der Waals surface area contributed by atoms with Crippen molar-refractivity contribution < 1.29 is 44.2 Å². The fraction of sp³-hybridized carbons (Fsp3) is 0.829. The standard InChI is InChI=1S/C41H74O9/c1-3-5-7-9-11-13-15-16-17-18-19-21-23-25-27-29-31-47-33-35(34-48-41-40(46)39(45)38(44)36(32-42)50-41)49-37(43)30-28-26-24-22-20-14-12-10-8-6-4-2/h5,7,11,13,16-17,35-36,38-42,44-46H,3-4,6,8-10,12,14-15,18-34H2,1-2H3/b7-5-,13-11-,17-16-. The second-order valence-corrected chi connectivity index (χ2v) is 13.7. The molecule has 9 nitrogen and oxygen atoms in total. The predicted molar refractivity (Wildman–Crippen MR) is 201 cm³/mol. The summed E-state index contributed by atoms with van der Waals surface area (Å²) in [7, 11) is 0. The minimum absolute atomic E-state index is 0.117. The molecule has 9 heteroatoms. The highest BCUT2D eigenvalue weighted by Gasteiger charge is 2.44. The van der Waals surface area contributed by atoms with Crippen molar-refractivity contribution in [1.82, 2.24) is 0 Å². The number of ether oxygens (including phenoxy) is 4. The molecule has 0 saturated carbocycles. The lowest BCUT2D eigenvalue weighted by Crippen LogP contribution is -2.59. The second kappa shape index (κ2) is 33.3. The Hall–Kier alpha value is -1.59. The molecular formula is C41H74O9. The van der Waals surface area contributed by atoms with Crippen LogP contribution >= 0.6 is 0 Å². The largest absolute Gasteiger partial charge is 0.457 e. The van der Waals surface area contributed by atoms with E-state index in [2.05, 4.69) is 50.3 Å². The first-order valence-corrected chi connectivity index (χ1v) is 20.1. The first-order valence-electron chi connectivity index (χ1n) is 20.1. The van der Waals surface area contributed by atoms with Gasteiger partial charge >= 0.3 is 5.97 Å². The van der Waals surface area contributed by atoms with Crippen LogP contribution in [0.5, 0.6) is 0 Å². The van der Waals surface area contributed by atoms with Crippen molar-refractivity contribution in [2.75, 3.05) is 26.4 Å². The molecule has 1 aliphatic rings. The van der Waals surface area contributed by atoms with Gasteiger partial charge in [0, 0.05) is 13.0 Å². The van der Waals surface area contributed by atoms with Crippen molar-refractivity contribution in [2.24, 2.45) is 0 Å². The van der Waals surface area contributed by atoms with Gasteiger partial charge in [0.05, 0.1) is 19.8 Å². The summed E-state index contributed by atoms with van der Waals surface area (Å²) in [5, 5.41) is 40.0. The number of aliphatic hydroxyl groups excluding tert-OH is 4. The molecule has 4 N–H and O–H groups in total. The Labute approximate surface area is 304 Å². The van der Waals surface area contributed by atoms with Gasteiger partial charge in [-0.25, -0.2) is 0 Å². The molecule has 0 aliphatic carbocycles. The molecular weight excluding hydrogens is 636 g/mol. The van der Waals surface area contributed by atoms with Gasteiger partial charge in [-0.05, 0) is 44.9 Å². The summed E-state index contributed by atoms with van der Waals surface area (Å²) >= 11 is 0. The van der Waals surface area contributed by atoms with Gasteiger partial charge in [-0.3, -0.25) is 4.79 Å². The highest BCUT2D eigenvalue weighted by molar-refractivity contribution is 5.69. The molecule has 0 bridgehead atoms. The van der Waals surface area contributed by atoms with Gasteiger partial charge in [-0.1, -0.05) is 140 Å². The second-order valence-electron chi connectivity index (χ2n) is 13.7. The number of carbonyl (C=O) groups is 1. The van der Waals surface area contributed by atoms with E-state index in [1.165, 1.54) is 70.6 Å². The predicted octanol–water partition coefficient (Wildman–Crippen LogP) is 8.02. The number of hydrogen-bond acceptors (Lipinski definition) is 9. The van der Waals surface area contributed by atoms with Crippen molar-refractivity contribution in [3.63, 3.8) is 0 Å². The number of hydrogen-bond donors (Lipinski definition) is 4. The quantitative estimate of drug-likeness (QED) is 0.0303. The van der Waals surface area contributed by atoms with Crippen LogP contribution in [0.1, 0.15) is 155 Å². The van der Waals surface area contributed by atoms with E-state index in [0.29, 0.717) is 13.0 Å². The normalized spacial score (nSPS) is 21.9. The molecule has 6 unspecified atom stereocenters. The minimum Gasteiger partial charge on any atom is -0.457 e. The van der Waals surface area contributed by atoms with Gasteiger partial charge in [-0.15, -0.1) is 0 Å². The number of carbonyl (C=O) groups excluding carboxylic acids is 1. The van der Waals surface area contributed by atoms with Crippen molar-refractivity contribution in [1.29, 1.82) is 0 Å². The van der Waals surface area contributed by atoms with Crippen molar-refractivity contribution in [3.8, 4) is 0 Å². The molecule has 1 heterocycles. The number of esters is 1. The molecule has 1 rings (SSSR count). The lowest BCUT2D eigenvalue weighted by Gasteiger charge is -2.39. The number of aliphatic hydroxyl groups is 4. The zero-order valence-electron chi connectivity index (χ0n) is 31.6. The van der Waals surface area contributed by atoms with Gasteiger partial charge in [0.2, 0.25) is 0 Å². The van der Waals surface area contributed by atoms with Crippen LogP contribution in [0.3, 0.4) is 0 Å². The van der Waals surface area contributed by atoms with E-state index in [1.54, 1.807) is 0 Å². The van der Waals surface area contributed by atoms with E-state index in [1.807, 2.05) is 0 Å². The summed E-state index contributed by atoms with van der Waals surface area (Å²) < 4.78 is 22.7. The summed E-state index contributed by atoms with van der Waals surface area (Å²) in [5.41, 5.74) is 0. The Morgan fingerprint density at radius 1 is 0.660 bits per heavy atom. The fourth-order valence-electron chi connectivity index (χ4n) is 5.92. The van der Waals surface area contributed by atoms with Crippen LogP contribution in [0.4, 0.5) is 0 Å². The third-order valence-electron chi connectivity index (χ3n) is 9.07. The molecule has 6 atom stereocenters. The maximum Gasteiger partial charge on any atom is 0.306 e. The van der Waals surface area contributed by atoms with Crippen molar-refractivity contribution in [3.05, 3.63) is 36.5 Å². The topological polar surface area (TPSA) is 135 Å². The van der Waals surface area contributed by atoms with Crippen LogP contribution < -0.4 is 0 Å². The van der Waals surface area contributed by atoms with E-state index < -0.39 is 43.4 Å². The number of rotatable bonds is 33. The van der Waals surface area contributed by atoms with Gasteiger partial charge in [0.15, 0.2) is 6.29 Å². The SMILES string of the molecule is CC/C=C\C/C=C\C/C=C\CCCCCCCCOCC(COC1OC(CO)C(O)C(O)C1O)OC(=O)CCCCCCCCCCCCC. The third-order valence-corrected chi connectivity index (χ3v) is 9.07. The monoisotopic (exact) mass is 711 g/mol. The Balaban J connectivity index is 2.31. The van der Waals surface area contributed by atoms with Crippen LogP contribution in [-0.2, 0) is 23.7 Å². The Kier molecular flexibility index (Phi) is 30.9. The van der Waals surface area contributed by atoms with Crippen LogP contribution in [-0.4, -0.2) is 89.6 Å². The molecule has 0 aromatic rings. The molecule has 0 radical (unpaired) electrons. The molecule has 0 amide bonds. The molecule has 0 aromatic carbocycles. The molecule has 1 fully saturated rings. The van der Waals surface area contributed by atoms with Gasteiger partial charge in [-0.2, -0.15) is 0 Å². The summed E-state index contributed by atoms with van der Waals surface area (Å²) in [4.78, 5) is 12.7. The fourth-order valence-corrected chi connectivity index (χ4v) is 5.92. The average molecular weight is 711 g/mol. The third kappa shape index (κ3) is 24.6. The smallest absolute Gasteiger partial charge is 0.306 e. The Morgan fingerprint density at radius 2 is 1.22 bits per heavy atom. The maximum absolute atomic E-state index is 12.7. The molecule has 1 saturated heterocycles. The number of allylic oxidation sites excluding steroid dienone is 6. The van der Waals surface area contributed by atoms with E-state index in [9.17, 15) is 25.2 Å². The van der Waals surface area contributed by atoms with Gasteiger partial charge < -0.3 is 39.4 Å². The van der Waals surface area contributed by atoms with E-state index in [0.717, 1.165) is 64.2 Å². The minimum atomic E-state index is -1.54. The van der Waals surface area contributed by atoms with Gasteiger partial charge in [0.25, 0.3) is 0 Å². The molecule has 50 heavy (non-hydrogen) atoms. The van der Waals surface area contributed by atoms with Crippen LogP contribution in [0.2, 0.25) is 0 Å². The Morgan fingerprint density at radius 3 is 1.84 bits per heavy atom.